The molecule has 0 aliphatic heterocycles. The van der Waals surface area contributed by atoms with Crippen molar-refractivity contribution in [3.05, 3.63) is 35.4 Å². The van der Waals surface area contributed by atoms with Crippen molar-refractivity contribution in [2.24, 2.45) is 11.8 Å². The van der Waals surface area contributed by atoms with Gasteiger partial charge in [-0.3, -0.25) is 4.79 Å². The molecule has 1 aromatic rings. The summed E-state index contributed by atoms with van der Waals surface area (Å²) >= 11 is 0. The van der Waals surface area contributed by atoms with E-state index in [0.29, 0.717) is 5.92 Å². The number of aldehydes is 1. The standard InChI is InChI=1S/C17H24O/c1-3-15-8-4-5-10-17(15)13(2)16-9-6-7-14(11-16)12-18/h6-7,9,11-13,15,17H,3-5,8,10H2,1-2H3. The zero-order valence-electron chi connectivity index (χ0n) is 11.6. The molecule has 0 saturated heterocycles. The third-order valence-corrected chi connectivity index (χ3v) is 4.71. The molecule has 1 saturated carbocycles. The smallest absolute Gasteiger partial charge is 0.150 e. The second kappa shape index (κ2) is 6.17. The van der Waals surface area contributed by atoms with Gasteiger partial charge in [-0.2, -0.15) is 0 Å². The Hall–Kier alpha value is -1.11. The van der Waals surface area contributed by atoms with E-state index in [-0.39, 0.29) is 0 Å². The first-order valence-electron chi connectivity index (χ1n) is 7.31. The van der Waals surface area contributed by atoms with Crippen LogP contribution in [0, 0.1) is 11.8 Å². The van der Waals surface area contributed by atoms with Crippen molar-refractivity contribution in [1.29, 1.82) is 0 Å². The molecule has 3 atom stereocenters. The van der Waals surface area contributed by atoms with Crippen LogP contribution in [0.1, 0.15) is 67.8 Å². The Labute approximate surface area is 111 Å². The molecule has 0 bridgehead atoms. The molecule has 0 aromatic heterocycles. The molecule has 3 unspecified atom stereocenters. The summed E-state index contributed by atoms with van der Waals surface area (Å²) in [5.41, 5.74) is 2.15. The minimum Gasteiger partial charge on any atom is -0.298 e. The molecule has 0 radical (unpaired) electrons. The average molecular weight is 244 g/mol. The number of hydrogen-bond acceptors (Lipinski definition) is 1. The highest BCUT2D eigenvalue weighted by Gasteiger charge is 2.28. The van der Waals surface area contributed by atoms with Crippen LogP contribution in [0.5, 0.6) is 0 Å². The van der Waals surface area contributed by atoms with Crippen LogP contribution >= 0.6 is 0 Å². The number of carbonyl (C=O) groups is 1. The monoisotopic (exact) mass is 244 g/mol. The van der Waals surface area contributed by atoms with E-state index >= 15 is 0 Å². The lowest BCUT2D eigenvalue weighted by atomic mass is 9.70. The summed E-state index contributed by atoms with van der Waals surface area (Å²) in [6.07, 6.45) is 7.76. The van der Waals surface area contributed by atoms with Gasteiger partial charge in [0.15, 0.2) is 0 Å². The number of hydrogen-bond donors (Lipinski definition) is 0. The fourth-order valence-electron chi connectivity index (χ4n) is 3.56. The normalized spacial score (nSPS) is 25.7. The molecule has 1 aromatic carbocycles. The first-order valence-corrected chi connectivity index (χ1v) is 7.31. The second-order valence-electron chi connectivity index (χ2n) is 5.69. The Bertz CT molecular complexity index is 396. The maximum atomic E-state index is 10.9. The summed E-state index contributed by atoms with van der Waals surface area (Å²) in [5, 5.41) is 0. The van der Waals surface area contributed by atoms with Gasteiger partial charge in [-0.1, -0.05) is 57.7 Å². The van der Waals surface area contributed by atoms with Crippen LogP contribution < -0.4 is 0 Å². The summed E-state index contributed by atoms with van der Waals surface area (Å²) < 4.78 is 0. The zero-order valence-corrected chi connectivity index (χ0v) is 11.6. The van der Waals surface area contributed by atoms with Crippen LogP contribution in [0.15, 0.2) is 24.3 Å². The topological polar surface area (TPSA) is 17.1 Å². The Morgan fingerprint density at radius 2 is 2.11 bits per heavy atom. The van der Waals surface area contributed by atoms with Gasteiger partial charge in [-0.25, -0.2) is 0 Å². The fourth-order valence-corrected chi connectivity index (χ4v) is 3.56. The molecule has 1 fully saturated rings. The lowest BCUT2D eigenvalue weighted by Gasteiger charge is -2.35. The summed E-state index contributed by atoms with van der Waals surface area (Å²) in [4.78, 5) is 10.9. The quantitative estimate of drug-likeness (QED) is 0.694. The van der Waals surface area contributed by atoms with E-state index in [2.05, 4.69) is 26.0 Å². The van der Waals surface area contributed by atoms with E-state index in [1.54, 1.807) is 0 Å². The first kappa shape index (κ1) is 13.3. The molecule has 18 heavy (non-hydrogen) atoms. The van der Waals surface area contributed by atoms with Crippen molar-refractivity contribution >= 4 is 6.29 Å². The molecule has 0 amide bonds. The average Bonchev–Trinajstić information content (AvgIpc) is 2.46. The van der Waals surface area contributed by atoms with E-state index in [9.17, 15) is 4.79 Å². The van der Waals surface area contributed by atoms with Gasteiger partial charge in [0.1, 0.15) is 6.29 Å². The van der Waals surface area contributed by atoms with Crippen LogP contribution in [0.3, 0.4) is 0 Å². The molecular weight excluding hydrogens is 220 g/mol. The molecule has 1 nitrogen and oxygen atoms in total. The maximum absolute atomic E-state index is 10.9. The van der Waals surface area contributed by atoms with Gasteiger partial charge < -0.3 is 0 Å². The molecule has 1 heteroatoms. The molecular formula is C17H24O. The van der Waals surface area contributed by atoms with Crippen LogP contribution in [-0.2, 0) is 0 Å². The van der Waals surface area contributed by atoms with E-state index in [0.717, 1.165) is 23.7 Å². The van der Waals surface area contributed by atoms with Crippen molar-refractivity contribution in [3.8, 4) is 0 Å². The van der Waals surface area contributed by atoms with Crippen molar-refractivity contribution in [3.63, 3.8) is 0 Å². The van der Waals surface area contributed by atoms with Gasteiger partial charge >= 0.3 is 0 Å². The molecule has 0 N–H and O–H groups in total. The van der Waals surface area contributed by atoms with Crippen LogP contribution in [0.4, 0.5) is 0 Å². The van der Waals surface area contributed by atoms with Crippen molar-refractivity contribution < 1.29 is 4.79 Å². The number of carbonyl (C=O) groups excluding carboxylic acids is 1. The van der Waals surface area contributed by atoms with Crippen LogP contribution in [0.25, 0.3) is 0 Å². The lowest BCUT2D eigenvalue weighted by molar-refractivity contribution is 0.112. The van der Waals surface area contributed by atoms with E-state index in [1.165, 1.54) is 37.7 Å². The van der Waals surface area contributed by atoms with Gasteiger partial charge in [-0.15, -0.1) is 0 Å². The molecule has 1 aliphatic carbocycles. The Kier molecular flexibility index (Phi) is 4.57. The SMILES string of the molecule is CCC1CCCCC1C(C)c1cccc(C=O)c1. The number of rotatable bonds is 4. The molecule has 0 heterocycles. The second-order valence-corrected chi connectivity index (χ2v) is 5.69. The summed E-state index contributed by atoms with van der Waals surface area (Å²) in [7, 11) is 0. The maximum Gasteiger partial charge on any atom is 0.150 e. The van der Waals surface area contributed by atoms with Gasteiger partial charge in [0, 0.05) is 5.56 Å². The Morgan fingerprint density at radius 1 is 1.33 bits per heavy atom. The van der Waals surface area contributed by atoms with Gasteiger partial charge in [0.2, 0.25) is 0 Å². The minimum atomic E-state index is 0.579. The highest BCUT2D eigenvalue weighted by Crippen LogP contribution is 2.41. The third kappa shape index (κ3) is 2.82. The summed E-state index contributed by atoms with van der Waals surface area (Å²) in [6, 6.07) is 8.15. The lowest BCUT2D eigenvalue weighted by Crippen LogP contribution is -2.24. The molecule has 98 valence electrons. The predicted molar refractivity (Wildman–Crippen MR) is 76.0 cm³/mol. The molecule has 0 spiro atoms. The fraction of sp³-hybridized carbons (Fsp3) is 0.588. The van der Waals surface area contributed by atoms with Crippen molar-refractivity contribution in [1.82, 2.24) is 0 Å². The van der Waals surface area contributed by atoms with Gasteiger partial charge in [0.25, 0.3) is 0 Å². The van der Waals surface area contributed by atoms with Crippen molar-refractivity contribution in [2.45, 2.75) is 51.9 Å². The zero-order chi connectivity index (χ0) is 13.0. The third-order valence-electron chi connectivity index (χ3n) is 4.71. The van der Waals surface area contributed by atoms with Gasteiger partial charge in [0.05, 0.1) is 0 Å². The van der Waals surface area contributed by atoms with E-state index in [1.807, 2.05) is 12.1 Å². The predicted octanol–water partition coefficient (Wildman–Crippen LogP) is 4.82. The summed E-state index contributed by atoms with van der Waals surface area (Å²) in [5.74, 6) is 2.24. The number of benzene rings is 1. The van der Waals surface area contributed by atoms with Crippen molar-refractivity contribution in [2.75, 3.05) is 0 Å². The largest absolute Gasteiger partial charge is 0.298 e. The summed E-state index contributed by atoms with van der Waals surface area (Å²) in [6.45, 7) is 4.65. The van der Waals surface area contributed by atoms with Crippen LogP contribution in [0.2, 0.25) is 0 Å². The molecule has 1 aliphatic rings. The van der Waals surface area contributed by atoms with Gasteiger partial charge in [-0.05, 0) is 35.8 Å². The van der Waals surface area contributed by atoms with E-state index in [4.69, 9.17) is 0 Å². The Morgan fingerprint density at radius 3 is 2.83 bits per heavy atom. The van der Waals surface area contributed by atoms with Crippen LogP contribution in [-0.4, -0.2) is 6.29 Å². The molecule has 2 rings (SSSR count). The minimum absolute atomic E-state index is 0.579. The highest BCUT2D eigenvalue weighted by atomic mass is 16.1. The van der Waals surface area contributed by atoms with E-state index < -0.39 is 0 Å². The Balaban J connectivity index is 2.17. The first-order chi connectivity index (χ1) is 8.76. The highest BCUT2D eigenvalue weighted by molar-refractivity contribution is 5.75.